The van der Waals surface area contributed by atoms with Crippen LogP contribution in [0.15, 0.2) is 46.0 Å². The van der Waals surface area contributed by atoms with Gasteiger partial charge >= 0.3 is 0 Å². The third-order valence-electron chi connectivity index (χ3n) is 3.05. The zero-order valence-corrected chi connectivity index (χ0v) is 11.1. The van der Waals surface area contributed by atoms with Gasteiger partial charge in [-0.3, -0.25) is 14.7 Å². The molecule has 3 aromatic rings. The van der Waals surface area contributed by atoms with Gasteiger partial charge in [0.05, 0.1) is 21.5 Å². The van der Waals surface area contributed by atoms with Gasteiger partial charge in [-0.25, -0.2) is 13.5 Å². The highest BCUT2D eigenvalue weighted by molar-refractivity contribution is 6.32. The van der Waals surface area contributed by atoms with Crippen molar-refractivity contribution in [2.24, 2.45) is 0 Å². The van der Waals surface area contributed by atoms with E-state index >= 15 is 0 Å². The topological polar surface area (TPSA) is 54.9 Å². The minimum absolute atomic E-state index is 0.220. The molecule has 3 rings (SSSR count). The predicted octanol–water partition coefficient (Wildman–Crippen LogP) is 2.61. The van der Waals surface area contributed by atoms with Gasteiger partial charge in [0.2, 0.25) is 0 Å². The normalized spacial score (nSPS) is 11.0. The van der Waals surface area contributed by atoms with Crippen molar-refractivity contribution in [3.05, 3.63) is 73.8 Å². The SMILES string of the molecule is O=c1[nH]n(-c2ccccc2Cl)c(=O)c2cc(F)c(F)cc12. The van der Waals surface area contributed by atoms with Crippen LogP contribution in [0.1, 0.15) is 0 Å². The van der Waals surface area contributed by atoms with Crippen LogP contribution >= 0.6 is 11.6 Å². The molecule has 0 saturated heterocycles. The van der Waals surface area contributed by atoms with E-state index in [2.05, 4.69) is 5.10 Å². The summed E-state index contributed by atoms with van der Waals surface area (Å²) >= 11 is 5.97. The van der Waals surface area contributed by atoms with Crippen molar-refractivity contribution >= 4 is 22.4 Å². The largest absolute Gasteiger partial charge is 0.277 e. The molecule has 1 aromatic heterocycles. The second-order valence-electron chi connectivity index (χ2n) is 4.34. The second-order valence-corrected chi connectivity index (χ2v) is 4.75. The van der Waals surface area contributed by atoms with Crippen LogP contribution in [-0.2, 0) is 0 Å². The molecule has 0 radical (unpaired) electrons. The zero-order chi connectivity index (χ0) is 15.1. The molecule has 0 saturated carbocycles. The number of H-pyrrole nitrogens is 1. The number of fused-ring (bicyclic) bond motifs is 1. The summed E-state index contributed by atoms with van der Waals surface area (Å²) in [6.45, 7) is 0. The maximum Gasteiger partial charge on any atom is 0.277 e. The van der Waals surface area contributed by atoms with Crippen LogP contribution in [0, 0.1) is 11.6 Å². The van der Waals surface area contributed by atoms with Crippen molar-refractivity contribution in [3.8, 4) is 5.69 Å². The van der Waals surface area contributed by atoms with Crippen molar-refractivity contribution in [2.75, 3.05) is 0 Å². The first kappa shape index (κ1) is 13.5. The van der Waals surface area contributed by atoms with E-state index in [0.29, 0.717) is 12.1 Å². The van der Waals surface area contributed by atoms with Gasteiger partial charge in [0, 0.05) is 0 Å². The quantitative estimate of drug-likeness (QED) is 0.751. The zero-order valence-electron chi connectivity index (χ0n) is 10.4. The van der Waals surface area contributed by atoms with Crippen LogP contribution in [0.5, 0.6) is 0 Å². The second kappa shape index (κ2) is 4.82. The van der Waals surface area contributed by atoms with Crippen LogP contribution < -0.4 is 11.1 Å². The van der Waals surface area contributed by atoms with Gasteiger partial charge in [-0.05, 0) is 24.3 Å². The van der Waals surface area contributed by atoms with Crippen molar-refractivity contribution < 1.29 is 8.78 Å². The van der Waals surface area contributed by atoms with Gasteiger partial charge in [-0.2, -0.15) is 0 Å². The molecule has 2 aromatic carbocycles. The monoisotopic (exact) mass is 308 g/mol. The Labute approximate surface area is 121 Å². The lowest BCUT2D eigenvalue weighted by Gasteiger charge is -2.08. The molecular formula is C14H7ClF2N2O2. The van der Waals surface area contributed by atoms with Gasteiger partial charge in [0.1, 0.15) is 0 Å². The summed E-state index contributed by atoms with van der Waals surface area (Å²) in [4.78, 5) is 24.3. The molecule has 0 atom stereocenters. The molecule has 21 heavy (non-hydrogen) atoms. The van der Waals surface area contributed by atoms with E-state index in [9.17, 15) is 18.4 Å². The van der Waals surface area contributed by atoms with Crippen molar-refractivity contribution in [1.29, 1.82) is 0 Å². The van der Waals surface area contributed by atoms with E-state index in [-0.39, 0.29) is 21.5 Å². The number of para-hydroxylation sites is 1. The third kappa shape index (κ3) is 2.13. The maximum absolute atomic E-state index is 13.3. The van der Waals surface area contributed by atoms with Crippen LogP contribution in [0.25, 0.3) is 16.5 Å². The van der Waals surface area contributed by atoms with Crippen LogP contribution in [0.2, 0.25) is 5.02 Å². The molecule has 4 nitrogen and oxygen atoms in total. The summed E-state index contributed by atoms with van der Waals surface area (Å²) in [5, 5.41) is 2.09. The average Bonchev–Trinajstić information content (AvgIpc) is 2.46. The molecule has 0 bridgehead atoms. The Balaban J connectivity index is 2.45. The van der Waals surface area contributed by atoms with E-state index in [1.54, 1.807) is 12.1 Å². The third-order valence-corrected chi connectivity index (χ3v) is 3.36. The van der Waals surface area contributed by atoms with E-state index in [1.165, 1.54) is 12.1 Å². The Kier molecular flexibility index (Phi) is 3.10. The Morgan fingerprint density at radius 1 is 1.00 bits per heavy atom. The minimum atomic E-state index is -1.20. The number of aromatic nitrogens is 2. The molecule has 7 heteroatoms. The molecule has 1 N–H and O–H groups in total. The van der Waals surface area contributed by atoms with E-state index in [1.807, 2.05) is 0 Å². The van der Waals surface area contributed by atoms with E-state index in [0.717, 1.165) is 4.68 Å². The molecule has 0 amide bonds. The molecule has 0 aliphatic rings. The lowest BCUT2D eigenvalue weighted by molar-refractivity contribution is 0.510. The van der Waals surface area contributed by atoms with Gasteiger partial charge in [-0.1, -0.05) is 23.7 Å². The molecule has 106 valence electrons. The Morgan fingerprint density at radius 2 is 1.62 bits per heavy atom. The molecule has 0 unspecified atom stereocenters. The summed E-state index contributed by atoms with van der Waals surface area (Å²) in [7, 11) is 0. The maximum atomic E-state index is 13.3. The highest BCUT2D eigenvalue weighted by Gasteiger charge is 2.14. The number of hydrogen-bond donors (Lipinski definition) is 1. The summed E-state index contributed by atoms with van der Waals surface area (Å²) in [6.07, 6.45) is 0. The Morgan fingerprint density at radius 3 is 2.29 bits per heavy atom. The fourth-order valence-electron chi connectivity index (χ4n) is 2.05. The molecule has 0 spiro atoms. The summed E-state index contributed by atoms with van der Waals surface area (Å²) in [5.41, 5.74) is -1.17. The molecular weight excluding hydrogens is 302 g/mol. The molecule has 0 aliphatic heterocycles. The molecule has 0 aliphatic carbocycles. The number of nitrogens with zero attached hydrogens (tertiary/aromatic N) is 1. The number of aromatic amines is 1. The first-order chi connectivity index (χ1) is 9.99. The van der Waals surface area contributed by atoms with Gasteiger partial charge in [0.25, 0.3) is 11.1 Å². The van der Waals surface area contributed by atoms with E-state index < -0.39 is 22.8 Å². The number of nitrogens with one attached hydrogen (secondary N) is 1. The lowest BCUT2D eigenvalue weighted by Crippen LogP contribution is -2.29. The van der Waals surface area contributed by atoms with E-state index in [4.69, 9.17) is 11.6 Å². The smallest absolute Gasteiger partial charge is 0.267 e. The van der Waals surface area contributed by atoms with Crippen molar-refractivity contribution in [3.63, 3.8) is 0 Å². The van der Waals surface area contributed by atoms with Crippen molar-refractivity contribution in [1.82, 2.24) is 9.78 Å². The van der Waals surface area contributed by atoms with Gasteiger partial charge in [0.15, 0.2) is 11.6 Å². The number of hydrogen-bond acceptors (Lipinski definition) is 2. The van der Waals surface area contributed by atoms with Gasteiger partial charge < -0.3 is 0 Å². The number of rotatable bonds is 1. The average molecular weight is 309 g/mol. The number of halogens is 3. The summed E-state index contributed by atoms with van der Waals surface area (Å²) < 4.78 is 27.4. The Hall–Kier alpha value is -2.47. The Bertz CT molecular complexity index is 979. The minimum Gasteiger partial charge on any atom is -0.267 e. The lowest BCUT2D eigenvalue weighted by atomic mass is 10.2. The van der Waals surface area contributed by atoms with Crippen LogP contribution in [0.3, 0.4) is 0 Å². The first-order valence-electron chi connectivity index (χ1n) is 5.88. The van der Waals surface area contributed by atoms with Crippen molar-refractivity contribution in [2.45, 2.75) is 0 Å². The molecule has 1 heterocycles. The summed E-state index contributed by atoms with van der Waals surface area (Å²) in [5.74, 6) is -2.39. The summed E-state index contributed by atoms with van der Waals surface area (Å²) in [6, 6.07) is 7.74. The van der Waals surface area contributed by atoms with Gasteiger partial charge in [-0.15, -0.1) is 0 Å². The van der Waals surface area contributed by atoms with Crippen LogP contribution in [-0.4, -0.2) is 9.78 Å². The predicted molar refractivity (Wildman–Crippen MR) is 75.1 cm³/mol. The number of benzene rings is 2. The highest BCUT2D eigenvalue weighted by Crippen LogP contribution is 2.18. The highest BCUT2D eigenvalue weighted by atomic mass is 35.5. The molecule has 0 fully saturated rings. The van der Waals surface area contributed by atoms with Crippen LogP contribution in [0.4, 0.5) is 8.78 Å². The standard InChI is InChI=1S/C14H7ClF2N2O2/c15-9-3-1-2-4-12(9)19-14(21)8-6-11(17)10(16)5-7(8)13(20)18-19/h1-6H,(H,18,20). The fraction of sp³-hybridized carbons (Fsp3) is 0. The fourth-order valence-corrected chi connectivity index (χ4v) is 2.27. The first-order valence-corrected chi connectivity index (χ1v) is 6.26.